The molecule has 6 nitrogen and oxygen atoms in total. The van der Waals surface area contributed by atoms with Gasteiger partial charge in [0.25, 0.3) is 5.92 Å². The van der Waals surface area contributed by atoms with Gasteiger partial charge in [-0.25, -0.2) is 13.8 Å². The van der Waals surface area contributed by atoms with Crippen LogP contribution in [0.3, 0.4) is 0 Å². The highest BCUT2D eigenvalue weighted by Gasteiger charge is 2.33. The molecule has 0 N–H and O–H groups in total. The first-order valence-electron chi connectivity index (χ1n) is 9.96. The second-order valence-corrected chi connectivity index (χ2v) is 9.85. The summed E-state index contributed by atoms with van der Waals surface area (Å²) in [6, 6.07) is 4.35. The summed E-state index contributed by atoms with van der Waals surface area (Å²) in [4.78, 5) is 9.33. The van der Waals surface area contributed by atoms with Gasteiger partial charge in [-0.2, -0.15) is 10.2 Å². The van der Waals surface area contributed by atoms with E-state index in [-0.39, 0.29) is 11.2 Å². The van der Waals surface area contributed by atoms with Gasteiger partial charge in [-0.1, -0.05) is 6.92 Å². The van der Waals surface area contributed by atoms with Crippen molar-refractivity contribution in [2.45, 2.75) is 64.4 Å². The lowest BCUT2D eigenvalue weighted by atomic mass is 10.1. The van der Waals surface area contributed by atoms with Crippen LogP contribution in [0.25, 0.3) is 0 Å². The number of hydrogen-bond donors (Lipinski definition) is 0. The summed E-state index contributed by atoms with van der Waals surface area (Å²) in [5.74, 6) is -1.91. The van der Waals surface area contributed by atoms with Gasteiger partial charge in [0.05, 0.1) is 38.5 Å². The third kappa shape index (κ3) is 5.20. The van der Waals surface area contributed by atoms with E-state index in [4.69, 9.17) is 4.74 Å². The van der Waals surface area contributed by atoms with E-state index >= 15 is 0 Å². The number of ether oxygens (including phenoxy) is 1. The van der Waals surface area contributed by atoms with Gasteiger partial charge in [-0.3, -0.25) is 9.19 Å². The average molecular weight is 449 g/mol. The van der Waals surface area contributed by atoms with E-state index < -0.39 is 16.7 Å². The summed E-state index contributed by atoms with van der Waals surface area (Å²) in [5, 5.41) is 8.41. The second kappa shape index (κ2) is 8.53. The standard InChI is InChI=1S/C22H26F2N4O2S/c1-7-31(29)19-11-18-17(12-21(4,5)30-18)26-20(19)14(3)28-27-13(2)16-10-15(8-9-25-16)22(6,23)24/h8-11H,7,12H2,1-6H3/b27-13+,28-14+. The van der Waals surface area contributed by atoms with E-state index in [0.717, 1.165) is 12.6 Å². The minimum atomic E-state index is -2.97. The van der Waals surface area contributed by atoms with Gasteiger partial charge in [-0.15, -0.1) is 0 Å². The van der Waals surface area contributed by atoms with Gasteiger partial charge in [0.15, 0.2) is 0 Å². The van der Waals surface area contributed by atoms with Crippen LogP contribution in [0.2, 0.25) is 0 Å². The van der Waals surface area contributed by atoms with E-state index in [2.05, 4.69) is 20.2 Å². The molecule has 1 unspecified atom stereocenters. The first-order chi connectivity index (χ1) is 14.4. The third-order valence-electron chi connectivity index (χ3n) is 4.84. The fourth-order valence-electron chi connectivity index (χ4n) is 3.21. The second-order valence-electron chi connectivity index (χ2n) is 8.14. The van der Waals surface area contributed by atoms with E-state index in [1.807, 2.05) is 20.8 Å². The van der Waals surface area contributed by atoms with Crippen LogP contribution in [-0.4, -0.2) is 37.0 Å². The molecule has 3 rings (SSSR count). The molecule has 166 valence electrons. The summed E-state index contributed by atoms with van der Waals surface area (Å²) >= 11 is 0. The monoisotopic (exact) mass is 448 g/mol. The molecule has 0 saturated carbocycles. The number of pyridine rings is 2. The molecular weight excluding hydrogens is 422 g/mol. The molecule has 0 fully saturated rings. The molecule has 0 amide bonds. The van der Waals surface area contributed by atoms with Crippen LogP contribution in [-0.2, 0) is 23.1 Å². The van der Waals surface area contributed by atoms with Crippen molar-refractivity contribution in [3.8, 4) is 5.75 Å². The molecule has 9 heteroatoms. The molecular formula is C22H26F2N4O2S. The van der Waals surface area contributed by atoms with Gasteiger partial charge in [0, 0.05) is 36.9 Å². The van der Waals surface area contributed by atoms with Crippen molar-refractivity contribution in [2.24, 2.45) is 10.2 Å². The van der Waals surface area contributed by atoms with Crippen LogP contribution in [0, 0.1) is 0 Å². The lowest BCUT2D eigenvalue weighted by Gasteiger charge is -2.16. The predicted molar refractivity (Wildman–Crippen MR) is 118 cm³/mol. The molecule has 1 atom stereocenters. The average Bonchev–Trinajstić information content (AvgIpc) is 3.02. The van der Waals surface area contributed by atoms with Crippen LogP contribution in [0.4, 0.5) is 8.78 Å². The Bertz CT molecular complexity index is 1090. The third-order valence-corrected chi connectivity index (χ3v) is 6.17. The maximum Gasteiger partial charge on any atom is 0.270 e. The number of aromatic nitrogens is 2. The van der Waals surface area contributed by atoms with Crippen molar-refractivity contribution >= 4 is 22.2 Å². The van der Waals surface area contributed by atoms with Gasteiger partial charge in [0.1, 0.15) is 17.0 Å². The van der Waals surface area contributed by atoms with E-state index in [9.17, 15) is 13.0 Å². The van der Waals surface area contributed by atoms with Gasteiger partial charge in [-0.05, 0) is 39.8 Å². The molecule has 1 aliphatic heterocycles. The molecule has 0 spiro atoms. The molecule has 3 heterocycles. The predicted octanol–water partition coefficient (Wildman–Crippen LogP) is 4.66. The molecule has 2 aromatic heterocycles. The van der Waals surface area contributed by atoms with Crippen molar-refractivity contribution in [1.29, 1.82) is 0 Å². The van der Waals surface area contributed by atoms with Crippen molar-refractivity contribution in [1.82, 2.24) is 9.97 Å². The SMILES string of the molecule is CCS(=O)c1cc2c(nc1/C(C)=N/N=C(\C)c1cc(C(C)(F)F)ccn1)CC(C)(C)O2. The zero-order valence-electron chi connectivity index (χ0n) is 18.5. The summed E-state index contributed by atoms with van der Waals surface area (Å²) in [5.41, 5.74) is 1.93. The number of hydrogen-bond acceptors (Lipinski definition) is 6. The van der Waals surface area contributed by atoms with Crippen molar-refractivity contribution in [3.63, 3.8) is 0 Å². The van der Waals surface area contributed by atoms with Crippen LogP contribution >= 0.6 is 0 Å². The summed E-state index contributed by atoms with van der Waals surface area (Å²) in [6.45, 7) is 9.98. The van der Waals surface area contributed by atoms with Crippen molar-refractivity contribution < 1.29 is 17.7 Å². The summed E-state index contributed by atoms with van der Waals surface area (Å²) in [6.07, 6.45) is 1.95. The maximum atomic E-state index is 13.6. The number of halogens is 2. The first-order valence-corrected chi connectivity index (χ1v) is 11.3. The highest BCUT2D eigenvalue weighted by Crippen LogP contribution is 2.36. The summed E-state index contributed by atoms with van der Waals surface area (Å²) in [7, 11) is -1.27. The number of rotatable bonds is 6. The molecule has 0 radical (unpaired) electrons. The normalized spacial score (nSPS) is 17.3. The molecule has 2 aromatic rings. The van der Waals surface area contributed by atoms with E-state index in [0.29, 0.717) is 45.6 Å². The Morgan fingerprint density at radius 1 is 1.26 bits per heavy atom. The number of alkyl halides is 2. The molecule has 0 aromatic carbocycles. The fourth-order valence-corrected chi connectivity index (χ4v) is 4.16. The van der Waals surface area contributed by atoms with Gasteiger partial charge in [0.2, 0.25) is 0 Å². The molecule has 31 heavy (non-hydrogen) atoms. The minimum absolute atomic E-state index is 0.142. The van der Waals surface area contributed by atoms with Crippen LogP contribution in [0.1, 0.15) is 64.2 Å². The molecule has 0 saturated heterocycles. The van der Waals surface area contributed by atoms with E-state index in [1.165, 1.54) is 18.3 Å². The van der Waals surface area contributed by atoms with Crippen molar-refractivity contribution in [2.75, 3.05) is 5.75 Å². The highest BCUT2D eigenvalue weighted by atomic mass is 32.2. The number of nitrogens with zero attached hydrogens (tertiary/aromatic N) is 4. The van der Waals surface area contributed by atoms with Crippen LogP contribution in [0.5, 0.6) is 5.75 Å². The smallest absolute Gasteiger partial charge is 0.270 e. The van der Waals surface area contributed by atoms with Gasteiger partial charge < -0.3 is 4.74 Å². The lowest BCUT2D eigenvalue weighted by Crippen LogP contribution is -2.24. The number of fused-ring (bicyclic) bond motifs is 1. The zero-order valence-corrected chi connectivity index (χ0v) is 19.3. The Morgan fingerprint density at radius 2 is 1.94 bits per heavy atom. The molecule has 1 aliphatic rings. The van der Waals surface area contributed by atoms with Crippen LogP contribution < -0.4 is 4.74 Å². The van der Waals surface area contributed by atoms with Crippen LogP contribution in [0.15, 0.2) is 39.5 Å². The quantitative estimate of drug-likeness (QED) is 0.476. The molecule has 0 aliphatic carbocycles. The first kappa shape index (κ1) is 23.1. The maximum absolute atomic E-state index is 13.6. The lowest BCUT2D eigenvalue weighted by molar-refractivity contribution is 0.0173. The Hall–Kier alpha value is -2.55. The van der Waals surface area contributed by atoms with Crippen molar-refractivity contribution in [3.05, 3.63) is 47.0 Å². The molecule has 0 bridgehead atoms. The topological polar surface area (TPSA) is 76.8 Å². The Kier molecular flexibility index (Phi) is 6.36. The Balaban J connectivity index is 1.99. The zero-order chi connectivity index (χ0) is 23.0. The fraction of sp³-hybridized carbons (Fsp3) is 0.455. The highest BCUT2D eigenvalue weighted by molar-refractivity contribution is 7.85. The van der Waals surface area contributed by atoms with E-state index in [1.54, 1.807) is 19.9 Å². The minimum Gasteiger partial charge on any atom is -0.485 e. The Labute approximate surface area is 183 Å². The van der Waals surface area contributed by atoms with Gasteiger partial charge >= 0.3 is 0 Å². The largest absolute Gasteiger partial charge is 0.485 e. The Morgan fingerprint density at radius 3 is 2.58 bits per heavy atom. The summed E-state index contributed by atoms with van der Waals surface area (Å²) < 4.78 is 45.8.